The molecule has 0 aromatic heterocycles. The van der Waals surface area contributed by atoms with Crippen molar-refractivity contribution in [2.75, 3.05) is 32.8 Å². The third kappa shape index (κ3) is 5.80. The van der Waals surface area contributed by atoms with E-state index in [1.807, 2.05) is 0 Å². The molecule has 1 saturated heterocycles. The molecule has 132 valence electrons. The maximum atomic E-state index is 13.0. The number of hydrogen-bond acceptors (Lipinski definition) is 3. The van der Waals surface area contributed by atoms with Gasteiger partial charge in [-0.15, -0.1) is 12.4 Å². The van der Waals surface area contributed by atoms with Gasteiger partial charge >= 0.3 is 6.18 Å². The number of aliphatic hydroxyl groups excluding tert-OH is 1. The molecular formula is C15H21Cl2F3N2O. The highest BCUT2D eigenvalue weighted by atomic mass is 35.5. The van der Waals surface area contributed by atoms with Crippen molar-refractivity contribution in [2.45, 2.75) is 25.1 Å². The van der Waals surface area contributed by atoms with Crippen LogP contribution in [0.1, 0.15) is 30.0 Å². The lowest BCUT2D eigenvalue weighted by Gasteiger charge is -2.35. The third-order valence-electron chi connectivity index (χ3n) is 3.86. The van der Waals surface area contributed by atoms with Gasteiger partial charge in [0.05, 0.1) is 5.56 Å². The van der Waals surface area contributed by atoms with E-state index in [4.69, 9.17) is 16.7 Å². The summed E-state index contributed by atoms with van der Waals surface area (Å²) in [5.41, 5.74) is -0.158. The number of nitrogens with one attached hydrogen (secondary N) is 1. The van der Waals surface area contributed by atoms with Gasteiger partial charge in [0.15, 0.2) is 0 Å². The third-order valence-corrected chi connectivity index (χ3v) is 4.08. The Morgan fingerprint density at radius 3 is 2.43 bits per heavy atom. The Bertz CT molecular complexity index is 494. The Hall–Kier alpha value is -0.530. The van der Waals surface area contributed by atoms with E-state index in [1.54, 1.807) is 6.07 Å². The van der Waals surface area contributed by atoms with Crippen LogP contribution in [0, 0.1) is 0 Å². The highest BCUT2D eigenvalue weighted by Crippen LogP contribution is 2.35. The molecule has 1 aromatic rings. The van der Waals surface area contributed by atoms with Gasteiger partial charge < -0.3 is 10.4 Å². The molecule has 1 heterocycles. The zero-order valence-corrected chi connectivity index (χ0v) is 14.1. The number of nitrogens with zero attached hydrogens (tertiary/aromatic N) is 1. The minimum atomic E-state index is -4.41. The summed E-state index contributed by atoms with van der Waals surface area (Å²) in [5, 5.41) is 12.4. The zero-order valence-electron chi connectivity index (χ0n) is 12.6. The van der Waals surface area contributed by atoms with Crippen LogP contribution in [0.4, 0.5) is 13.2 Å². The topological polar surface area (TPSA) is 35.5 Å². The zero-order chi connectivity index (χ0) is 16.2. The molecule has 23 heavy (non-hydrogen) atoms. The summed E-state index contributed by atoms with van der Waals surface area (Å²) in [6.07, 6.45) is -3.26. The summed E-state index contributed by atoms with van der Waals surface area (Å²) in [4.78, 5) is 2.15. The van der Waals surface area contributed by atoms with Crippen molar-refractivity contribution in [2.24, 2.45) is 0 Å². The quantitative estimate of drug-likeness (QED) is 0.830. The maximum Gasteiger partial charge on any atom is 0.416 e. The van der Waals surface area contributed by atoms with Gasteiger partial charge in [0.25, 0.3) is 0 Å². The molecule has 0 aliphatic carbocycles. The van der Waals surface area contributed by atoms with Gasteiger partial charge in [-0.25, -0.2) is 0 Å². The van der Waals surface area contributed by atoms with Crippen LogP contribution in [0.2, 0.25) is 5.02 Å². The summed E-state index contributed by atoms with van der Waals surface area (Å²) >= 11 is 5.89. The lowest BCUT2D eigenvalue weighted by atomic mass is 9.97. The molecular weight excluding hydrogens is 352 g/mol. The Morgan fingerprint density at radius 2 is 1.87 bits per heavy atom. The molecule has 0 amide bonds. The van der Waals surface area contributed by atoms with Gasteiger partial charge in [-0.05, 0) is 36.6 Å². The number of hydrogen-bond donors (Lipinski definition) is 2. The van der Waals surface area contributed by atoms with E-state index < -0.39 is 11.7 Å². The molecule has 0 saturated carbocycles. The van der Waals surface area contributed by atoms with E-state index in [1.165, 1.54) is 6.07 Å². The normalized spacial score (nSPS) is 17.6. The van der Waals surface area contributed by atoms with E-state index >= 15 is 0 Å². The molecule has 0 unspecified atom stereocenters. The second-order valence-electron chi connectivity index (χ2n) is 5.44. The van der Waals surface area contributed by atoms with Crippen LogP contribution >= 0.6 is 24.0 Å². The van der Waals surface area contributed by atoms with Gasteiger partial charge in [0.1, 0.15) is 0 Å². The molecule has 2 N–H and O–H groups in total. The molecule has 1 aliphatic heterocycles. The number of alkyl halides is 3. The number of halogens is 5. The lowest BCUT2D eigenvalue weighted by Crippen LogP contribution is -2.45. The van der Waals surface area contributed by atoms with Crippen LogP contribution in [0.25, 0.3) is 0 Å². The van der Waals surface area contributed by atoms with Gasteiger partial charge in [-0.3, -0.25) is 4.90 Å². The summed E-state index contributed by atoms with van der Waals surface area (Å²) in [6, 6.07) is 3.57. The second kappa shape index (κ2) is 9.08. The minimum Gasteiger partial charge on any atom is -0.396 e. The van der Waals surface area contributed by atoms with Crippen LogP contribution in [0.15, 0.2) is 18.2 Å². The fourth-order valence-corrected chi connectivity index (χ4v) is 3.05. The van der Waals surface area contributed by atoms with Crippen molar-refractivity contribution in [3.8, 4) is 0 Å². The van der Waals surface area contributed by atoms with Crippen molar-refractivity contribution in [3.63, 3.8) is 0 Å². The van der Waals surface area contributed by atoms with Gasteiger partial charge in [-0.2, -0.15) is 13.2 Å². The summed E-state index contributed by atoms with van der Waals surface area (Å²) < 4.78 is 38.9. The number of piperazine rings is 1. The van der Waals surface area contributed by atoms with Crippen molar-refractivity contribution >= 4 is 24.0 Å². The first kappa shape index (κ1) is 20.5. The Morgan fingerprint density at radius 1 is 1.22 bits per heavy atom. The molecule has 3 nitrogen and oxygen atoms in total. The summed E-state index contributed by atoms with van der Waals surface area (Å²) in [7, 11) is 0. The van der Waals surface area contributed by atoms with E-state index in [2.05, 4.69) is 10.2 Å². The second-order valence-corrected chi connectivity index (χ2v) is 5.88. The smallest absolute Gasteiger partial charge is 0.396 e. The van der Waals surface area contributed by atoms with Crippen LogP contribution in [-0.2, 0) is 6.18 Å². The minimum absolute atomic E-state index is 0. The highest BCUT2D eigenvalue weighted by molar-refractivity contribution is 6.30. The van der Waals surface area contributed by atoms with E-state index in [9.17, 15) is 13.2 Å². The molecule has 1 fully saturated rings. The van der Waals surface area contributed by atoms with Crippen molar-refractivity contribution in [1.29, 1.82) is 0 Å². The highest BCUT2D eigenvalue weighted by Gasteiger charge is 2.32. The average Bonchev–Trinajstić information content (AvgIpc) is 2.47. The first-order valence-electron chi connectivity index (χ1n) is 7.35. The molecule has 1 aromatic carbocycles. The van der Waals surface area contributed by atoms with Gasteiger partial charge in [0, 0.05) is 43.9 Å². The van der Waals surface area contributed by atoms with E-state index in [0.29, 0.717) is 18.4 Å². The van der Waals surface area contributed by atoms with Crippen LogP contribution in [0.3, 0.4) is 0 Å². The molecule has 1 aliphatic rings. The number of rotatable bonds is 5. The first-order chi connectivity index (χ1) is 10.4. The van der Waals surface area contributed by atoms with Crippen LogP contribution in [0.5, 0.6) is 0 Å². The Labute approximate surface area is 145 Å². The SMILES string of the molecule is Cl.OCCC[C@H](c1cc(Cl)cc(C(F)(F)F)c1)N1CCNCC1. The molecule has 0 bridgehead atoms. The Kier molecular flexibility index (Phi) is 8.10. The Balaban J connectivity index is 0.00000264. The van der Waals surface area contributed by atoms with Gasteiger partial charge in [-0.1, -0.05) is 11.6 Å². The molecule has 8 heteroatoms. The van der Waals surface area contributed by atoms with E-state index in [0.717, 1.165) is 32.2 Å². The average molecular weight is 373 g/mol. The van der Waals surface area contributed by atoms with E-state index in [-0.39, 0.29) is 30.1 Å². The predicted molar refractivity (Wildman–Crippen MR) is 87.2 cm³/mol. The lowest BCUT2D eigenvalue weighted by molar-refractivity contribution is -0.137. The molecule has 1 atom stereocenters. The van der Waals surface area contributed by atoms with Crippen molar-refractivity contribution in [1.82, 2.24) is 10.2 Å². The first-order valence-corrected chi connectivity index (χ1v) is 7.73. The number of aliphatic hydroxyl groups is 1. The largest absolute Gasteiger partial charge is 0.416 e. The molecule has 0 spiro atoms. The van der Waals surface area contributed by atoms with Crippen molar-refractivity contribution in [3.05, 3.63) is 34.3 Å². The standard InChI is InChI=1S/C15H20ClF3N2O.ClH/c16-13-9-11(8-12(10-13)15(17,18)19)14(2-1-7-22)21-5-3-20-4-6-21;/h8-10,14,20,22H,1-7H2;1H/t14-;/m1./s1. The maximum absolute atomic E-state index is 13.0. The van der Waals surface area contributed by atoms with Crippen LogP contribution in [-0.4, -0.2) is 42.8 Å². The fraction of sp³-hybridized carbons (Fsp3) is 0.600. The van der Waals surface area contributed by atoms with Crippen LogP contribution < -0.4 is 5.32 Å². The molecule has 2 rings (SSSR count). The monoisotopic (exact) mass is 372 g/mol. The van der Waals surface area contributed by atoms with Gasteiger partial charge in [0.2, 0.25) is 0 Å². The molecule has 0 radical (unpaired) electrons. The fourth-order valence-electron chi connectivity index (χ4n) is 2.81. The number of benzene rings is 1. The van der Waals surface area contributed by atoms with Crippen molar-refractivity contribution < 1.29 is 18.3 Å². The summed E-state index contributed by atoms with van der Waals surface area (Å²) in [6.45, 7) is 3.17. The summed E-state index contributed by atoms with van der Waals surface area (Å²) in [5.74, 6) is 0. The predicted octanol–water partition coefficient (Wildman–Crippen LogP) is 3.50.